The smallest absolute Gasteiger partial charge is 0.135 e. The zero-order chi connectivity index (χ0) is 10.6. The van der Waals surface area contributed by atoms with Gasteiger partial charge in [0.05, 0.1) is 12.1 Å². The van der Waals surface area contributed by atoms with E-state index in [0.717, 1.165) is 21.0 Å². The predicted octanol–water partition coefficient (Wildman–Crippen LogP) is 4.96. The molecule has 0 bridgehead atoms. The molecule has 0 saturated carbocycles. The van der Waals surface area contributed by atoms with Gasteiger partial charge in [-0.15, -0.1) is 11.6 Å². The van der Waals surface area contributed by atoms with Gasteiger partial charge in [0.25, 0.3) is 0 Å². The lowest BCUT2D eigenvalue weighted by molar-refractivity contribution is 0.612. The maximum Gasteiger partial charge on any atom is 0.135 e. The van der Waals surface area contributed by atoms with Crippen molar-refractivity contribution in [3.05, 3.63) is 34.5 Å². The Morgan fingerprint density at radius 2 is 2.07 bits per heavy atom. The van der Waals surface area contributed by atoms with Crippen molar-refractivity contribution in [1.82, 2.24) is 0 Å². The quantitative estimate of drug-likeness (QED) is 0.670. The van der Waals surface area contributed by atoms with Gasteiger partial charge in [0.1, 0.15) is 5.58 Å². The van der Waals surface area contributed by atoms with Crippen LogP contribution in [0.25, 0.3) is 11.0 Å². The maximum atomic E-state index is 5.72. The number of alkyl halides is 1. The minimum Gasteiger partial charge on any atom is -0.464 e. The van der Waals surface area contributed by atoms with Crippen LogP contribution in [-0.2, 0) is 5.88 Å². The molecule has 0 atom stereocenters. The van der Waals surface area contributed by atoms with Crippen molar-refractivity contribution < 1.29 is 4.42 Å². The highest BCUT2D eigenvalue weighted by molar-refractivity contribution is 9.10. The third-order valence-electron chi connectivity index (χ3n) is 1.76. The highest BCUT2D eigenvalue weighted by Gasteiger charge is 2.03. The standard InChI is InChI=1S/C9H6BrClO.C2H6/c10-7-1-2-8-6(4-11)5-12-9(8)3-7;1-2/h1-3,5H,4H2;1-2H3. The zero-order valence-corrected chi connectivity index (χ0v) is 10.5. The molecule has 0 aliphatic rings. The number of fused-ring (bicyclic) bond motifs is 1. The molecule has 76 valence electrons. The second kappa shape index (κ2) is 5.42. The topological polar surface area (TPSA) is 13.1 Å². The molecule has 0 saturated heterocycles. The Labute approximate surface area is 97.2 Å². The van der Waals surface area contributed by atoms with Crippen LogP contribution in [0.2, 0.25) is 0 Å². The van der Waals surface area contributed by atoms with Crippen molar-refractivity contribution in [2.45, 2.75) is 19.7 Å². The molecule has 0 fully saturated rings. The van der Waals surface area contributed by atoms with E-state index in [9.17, 15) is 0 Å². The molecule has 1 heterocycles. The minimum absolute atomic E-state index is 0.495. The van der Waals surface area contributed by atoms with Crippen LogP contribution in [0.5, 0.6) is 0 Å². The summed E-state index contributed by atoms with van der Waals surface area (Å²) in [5.74, 6) is 0.495. The average molecular weight is 276 g/mol. The van der Waals surface area contributed by atoms with E-state index in [1.54, 1.807) is 6.26 Å². The Bertz CT molecular complexity index is 409. The van der Waals surface area contributed by atoms with E-state index in [2.05, 4.69) is 15.9 Å². The Hall–Kier alpha value is -0.470. The number of halogens is 2. The fraction of sp³-hybridized carbons (Fsp3) is 0.273. The monoisotopic (exact) mass is 274 g/mol. The number of furan rings is 1. The molecule has 3 heteroatoms. The first kappa shape index (κ1) is 11.6. The Morgan fingerprint density at radius 1 is 1.36 bits per heavy atom. The van der Waals surface area contributed by atoms with Crippen molar-refractivity contribution in [1.29, 1.82) is 0 Å². The molecule has 1 aromatic carbocycles. The van der Waals surface area contributed by atoms with E-state index in [1.807, 2.05) is 32.0 Å². The highest BCUT2D eigenvalue weighted by Crippen LogP contribution is 2.25. The molecule has 14 heavy (non-hydrogen) atoms. The second-order valence-corrected chi connectivity index (χ2v) is 3.72. The second-order valence-electron chi connectivity index (χ2n) is 2.54. The van der Waals surface area contributed by atoms with E-state index in [1.165, 1.54) is 0 Å². The van der Waals surface area contributed by atoms with E-state index in [-0.39, 0.29) is 0 Å². The summed E-state index contributed by atoms with van der Waals surface area (Å²) in [7, 11) is 0. The van der Waals surface area contributed by atoms with Crippen LogP contribution in [-0.4, -0.2) is 0 Å². The summed E-state index contributed by atoms with van der Waals surface area (Å²) in [6.07, 6.45) is 1.70. The predicted molar refractivity (Wildman–Crippen MR) is 64.8 cm³/mol. The van der Waals surface area contributed by atoms with Crippen LogP contribution in [0.3, 0.4) is 0 Å². The lowest BCUT2D eigenvalue weighted by Gasteiger charge is -1.91. The van der Waals surface area contributed by atoms with Crippen molar-refractivity contribution in [2.75, 3.05) is 0 Å². The van der Waals surface area contributed by atoms with Crippen molar-refractivity contribution in [2.24, 2.45) is 0 Å². The number of rotatable bonds is 1. The van der Waals surface area contributed by atoms with Gasteiger partial charge in [-0.1, -0.05) is 29.8 Å². The minimum atomic E-state index is 0.495. The molecule has 0 radical (unpaired) electrons. The van der Waals surface area contributed by atoms with Gasteiger partial charge in [-0.2, -0.15) is 0 Å². The summed E-state index contributed by atoms with van der Waals surface area (Å²) in [4.78, 5) is 0. The van der Waals surface area contributed by atoms with E-state index in [0.29, 0.717) is 5.88 Å². The van der Waals surface area contributed by atoms with Gasteiger partial charge in [-0.3, -0.25) is 0 Å². The van der Waals surface area contributed by atoms with Crippen LogP contribution < -0.4 is 0 Å². The molecular formula is C11H12BrClO. The van der Waals surface area contributed by atoms with Crippen molar-refractivity contribution >= 4 is 38.5 Å². The van der Waals surface area contributed by atoms with Gasteiger partial charge in [-0.05, 0) is 18.2 Å². The normalized spacial score (nSPS) is 9.71. The van der Waals surface area contributed by atoms with Gasteiger partial charge < -0.3 is 4.42 Å². The third-order valence-corrected chi connectivity index (χ3v) is 2.54. The van der Waals surface area contributed by atoms with E-state index in [4.69, 9.17) is 16.0 Å². The summed E-state index contributed by atoms with van der Waals surface area (Å²) < 4.78 is 6.33. The fourth-order valence-electron chi connectivity index (χ4n) is 1.16. The molecule has 0 unspecified atom stereocenters. The zero-order valence-electron chi connectivity index (χ0n) is 8.18. The SMILES string of the molecule is CC.ClCc1coc2cc(Br)ccc12. The average Bonchev–Trinajstić information content (AvgIpc) is 2.62. The number of hydrogen-bond acceptors (Lipinski definition) is 1. The first-order chi connectivity index (χ1) is 6.81. The Morgan fingerprint density at radius 3 is 2.71 bits per heavy atom. The highest BCUT2D eigenvalue weighted by atomic mass is 79.9. The molecule has 2 rings (SSSR count). The van der Waals surface area contributed by atoms with Gasteiger partial charge in [0.15, 0.2) is 0 Å². The first-order valence-electron chi connectivity index (χ1n) is 4.53. The van der Waals surface area contributed by atoms with Crippen LogP contribution in [0.15, 0.2) is 33.4 Å². The summed E-state index contributed by atoms with van der Waals surface area (Å²) in [5, 5.41) is 1.09. The Balaban J connectivity index is 0.000000461. The molecule has 0 spiro atoms. The molecular weight excluding hydrogens is 263 g/mol. The van der Waals surface area contributed by atoms with Crippen LogP contribution >= 0.6 is 27.5 Å². The fourth-order valence-corrected chi connectivity index (χ4v) is 1.71. The molecule has 0 aliphatic heterocycles. The molecule has 0 aliphatic carbocycles. The Kier molecular flexibility index (Phi) is 4.49. The van der Waals surface area contributed by atoms with Gasteiger partial charge >= 0.3 is 0 Å². The molecule has 1 nitrogen and oxygen atoms in total. The van der Waals surface area contributed by atoms with Gasteiger partial charge in [0, 0.05) is 15.4 Å². The van der Waals surface area contributed by atoms with E-state index >= 15 is 0 Å². The largest absolute Gasteiger partial charge is 0.464 e. The first-order valence-corrected chi connectivity index (χ1v) is 5.85. The van der Waals surface area contributed by atoms with Crippen LogP contribution in [0.1, 0.15) is 19.4 Å². The summed E-state index contributed by atoms with van der Waals surface area (Å²) in [6.45, 7) is 4.00. The summed E-state index contributed by atoms with van der Waals surface area (Å²) in [5.41, 5.74) is 1.92. The number of hydrogen-bond donors (Lipinski definition) is 0. The molecule has 1 aromatic heterocycles. The molecule has 0 amide bonds. The van der Waals surface area contributed by atoms with Crippen molar-refractivity contribution in [3.63, 3.8) is 0 Å². The third kappa shape index (κ3) is 2.31. The molecule has 2 aromatic rings. The molecule has 0 N–H and O–H groups in total. The van der Waals surface area contributed by atoms with Crippen molar-refractivity contribution in [3.8, 4) is 0 Å². The van der Waals surface area contributed by atoms with Gasteiger partial charge in [-0.25, -0.2) is 0 Å². The van der Waals surface area contributed by atoms with Crippen LogP contribution in [0.4, 0.5) is 0 Å². The lowest BCUT2D eigenvalue weighted by Crippen LogP contribution is -1.72. The summed E-state index contributed by atoms with van der Waals surface area (Å²) in [6, 6.07) is 5.92. The van der Waals surface area contributed by atoms with E-state index < -0.39 is 0 Å². The summed E-state index contributed by atoms with van der Waals surface area (Å²) >= 11 is 9.09. The van der Waals surface area contributed by atoms with Crippen LogP contribution in [0, 0.1) is 0 Å². The maximum absolute atomic E-state index is 5.72. The number of benzene rings is 1. The van der Waals surface area contributed by atoms with Gasteiger partial charge in [0.2, 0.25) is 0 Å². The lowest BCUT2D eigenvalue weighted by atomic mass is 10.2.